The van der Waals surface area contributed by atoms with E-state index in [1.807, 2.05) is 6.08 Å². The Hall–Kier alpha value is -0.920. The maximum absolute atomic E-state index is 4.89. The second kappa shape index (κ2) is 1.79. The molecular weight excluding hydrogens is 116 g/mol. The Morgan fingerprint density at radius 2 is 2.33 bits per heavy atom. The molecule has 0 saturated heterocycles. The summed E-state index contributed by atoms with van der Waals surface area (Å²) in [6, 6.07) is 0. The maximum atomic E-state index is 4.89. The molecule has 0 unspecified atom stereocenters. The highest BCUT2D eigenvalue weighted by atomic mass is 17.2. The van der Waals surface area contributed by atoms with Crippen LogP contribution >= 0.6 is 0 Å². The molecule has 0 amide bonds. The quantitative estimate of drug-likeness (QED) is 0.459. The average molecular weight is 124 g/mol. The zero-order valence-corrected chi connectivity index (χ0v) is 5.09. The number of hydrogen-bond donors (Lipinski definition) is 0. The van der Waals surface area contributed by atoms with Crippen LogP contribution in [0.25, 0.3) is 0 Å². The molecule has 0 aromatic carbocycles. The first-order chi connectivity index (χ1) is 4.47. The number of rotatable bonds is 0. The predicted octanol–water partition coefficient (Wildman–Crippen LogP) is 1.90. The van der Waals surface area contributed by atoms with Crippen molar-refractivity contribution in [1.82, 2.24) is 0 Å². The van der Waals surface area contributed by atoms with Gasteiger partial charge >= 0.3 is 0 Å². The van der Waals surface area contributed by atoms with E-state index in [0.29, 0.717) is 0 Å². The fraction of sp³-hybridized carbons (Fsp3) is 0.429. The summed E-state index contributed by atoms with van der Waals surface area (Å²) in [6.45, 7) is 0. The predicted molar refractivity (Wildman–Crippen MR) is 32.2 cm³/mol. The molecule has 0 bridgehead atoms. The molecule has 9 heavy (non-hydrogen) atoms. The standard InChI is InChI=1S/C7H8O2/c1-2-6-4-5-8-9-7(6)3-1/h4-5H,1-3H2. The molecule has 0 aromatic heterocycles. The molecule has 2 heteroatoms. The third-order valence-corrected chi connectivity index (χ3v) is 1.68. The van der Waals surface area contributed by atoms with E-state index in [1.165, 1.54) is 12.0 Å². The van der Waals surface area contributed by atoms with Crippen LogP contribution < -0.4 is 0 Å². The van der Waals surface area contributed by atoms with E-state index in [1.54, 1.807) is 6.26 Å². The normalized spacial score (nSPS) is 23.1. The molecule has 0 radical (unpaired) electrons. The minimum absolute atomic E-state index is 1.03. The van der Waals surface area contributed by atoms with Crippen LogP contribution in [-0.2, 0) is 9.78 Å². The van der Waals surface area contributed by atoms with E-state index in [-0.39, 0.29) is 0 Å². The van der Waals surface area contributed by atoms with Crippen LogP contribution in [0.4, 0.5) is 0 Å². The van der Waals surface area contributed by atoms with Crippen molar-refractivity contribution in [2.24, 2.45) is 0 Å². The lowest BCUT2D eigenvalue weighted by atomic mass is 10.2. The largest absolute Gasteiger partial charge is 0.298 e. The van der Waals surface area contributed by atoms with Crippen molar-refractivity contribution in [3.63, 3.8) is 0 Å². The van der Waals surface area contributed by atoms with Crippen LogP contribution in [0.5, 0.6) is 0 Å². The summed E-state index contributed by atoms with van der Waals surface area (Å²) in [4.78, 5) is 9.54. The number of allylic oxidation sites excluding steroid dienone is 3. The van der Waals surface area contributed by atoms with Gasteiger partial charge in [-0.3, -0.25) is 9.78 Å². The average Bonchev–Trinajstić information content (AvgIpc) is 2.33. The van der Waals surface area contributed by atoms with Crippen molar-refractivity contribution in [3.8, 4) is 0 Å². The van der Waals surface area contributed by atoms with E-state index < -0.39 is 0 Å². The van der Waals surface area contributed by atoms with Crippen molar-refractivity contribution in [2.45, 2.75) is 19.3 Å². The summed E-state index contributed by atoms with van der Waals surface area (Å²) in [5.74, 6) is 1.03. The first-order valence-electron chi connectivity index (χ1n) is 3.19. The molecule has 0 N–H and O–H groups in total. The molecule has 0 fully saturated rings. The molecule has 0 aromatic rings. The summed E-state index contributed by atoms with van der Waals surface area (Å²) in [6.07, 6.45) is 6.96. The summed E-state index contributed by atoms with van der Waals surface area (Å²) in [5, 5.41) is 0. The molecule has 1 heterocycles. The van der Waals surface area contributed by atoms with Crippen LogP contribution in [0, 0.1) is 0 Å². The van der Waals surface area contributed by atoms with Gasteiger partial charge in [-0.2, -0.15) is 0 Å². The second-order valence-corrected chi connectivity index (χ2v) is 2.28. The van der Waals surface area contributed by atoms with Gasteiger partial charge in [0.15, 0.2) is 5.76 Å². The Bertz CT molecular complexity index is 179. The third-order valence-electron chi connectivity index (χ3n) is 1.68. The van der Waals surface area contributed by atoms with Crippen LogP contribution in [0.1, 0.15) is 19.3 Å². The topological polar surface area (TPSA) is 18.5 Å². The van der Waals surface area contributed by atoms with Crippen molar-refractivity contribution in [1.29, 1.82) is 0 Å². The highest BCUT2D eigenvalue weighted by Gasteiger charge is 2.17. The second-order valence-electron chi connectivity index (χ2n) is 2.28. The summed E-state index contributed by atoms with van der Waals surface area (Å²) >= 11 is 0. The van der Waals surface area contributed by atoms with Gasteiger partial charge in [-0.05, 0) is 24.5 Å². The Balaban J connectivity index is 2.28. The SMILES string of the molecule is C1=CC2=C(CCC2)OO1. The van der Waals surface area contributed by atoms with Crippen molar-refractivity contribution in [2.75, 3.05) is 0 Å². The molecule has 2 nitrogen and oxygen atoms in total. The zero-order valence-electron chi connectivity index (χ0n) is 5.09. The molecule has 2 aliphatic rings. The smallest absolute Gasteiger partial charge is 0.158 e. The molecule has 0 atom stereocenters. The molecule has 0 spiro atoms. The van der Waals surface area contributed by atoms with Gasteiger partial charge in [0, 0.05) is 6.42 Å². The maximum Gasteiger partial charge on any atom is 0.158 e. The van der Waals surface area contributed by atoms with Gasteiger partial charge in [0.25, 0.3) is 0 Å². The molecule has 2 rings (SSSR count). The summed E-state index contributed by atoms with van der Waals surface area (Å²) in [7, 11) is 0. The highest BCUT2D eigenvalue weighted by Crippen LogP contribution is 2.29. The molecule has 1 aliphatic heterocycles. The lowest BCUT2D eigenvalue weighted by molar-refractivity contribution is -0.216. The molecule has 48 valence electrons. The minimum atomic E-state index is 1.03. The molecule has 1 aliphatic carbocycles. The van der Waals surface area contributed by atoms with Crippen LogP contribution in [0.15, 0.2) is 23.7 Å². The highest BCUT2D eigenvalue weighted by molar-refractivity contribution is 5.26. The van der Waals surface area contributed by atoms with E-state index in [9.17, 15) is 0 Å². The van der Waals surface area contributed by atoms with Gasteiger partial charge in [0.05, 0.1) is 0 Å². The van der Waals surface area contributed by atoms with Gasteiger partial charge in [-0.25, -0.2) is 0 Å². The fourth-order valence-corrected chi connectivity index (χ4v) is 1.21. The lowest BCUT2D eigenvalue weighted by Gasteiger charge is -2.07. The first kappa shape index (κ1) is 4.91. The summed E-state index contributed by atoms with van der Waals surface area (Å²) < 4.78 is 0. The Morgan fingerprint density at radius 1 is 1.33 bits per heavy atom. The van der Waals surface area contributed by atoms with E-state index in [4.69, 9.17) is 4.89 Å². The Labute approximate surface area is 53.7 Å². The van der Waals surface area contributed by atoms with Crippen molar-refractivity contribution < 1.29 is 9.78 Å². The first-order valence-corrected chi connectivity index (χ1v) is 3.19. The van der Waals surface area contributed by atoms with E-state index >= 15 is 0 Å². The monoisotopic (exact) mass is 124 g/mol. The third kappa shape index (κ3) is 0.707. The number of hydrogen-bond acceptors (Lipinski definition) is 2. The van der Waals surface area contributed by atoms with Crippen LogP contribution in [0.2, 0.25) is 0 Å². The minimum Gasteiger partial charge on any atom is -0.298 e. The fourth-order valence-electron chi connectivity index (χ4n) is 1.21. The van der Waals surface area contributed by atoms with Crippen LogP contribution in [0.3, 0.4) is 0 Å². The van der Waals surface area contributed by atoms with Gasteiger partial charge in [-0.15, -0.1) is 0 Å². The van der Waals surface area contributed by atoms with Gasteiger partial charge < -0.3 is 0 Å². The lowest BCUT2D eigenvalue weighted by Crippen LogP contribution is -1.93. The van der Waals surface area contributed by atoms with Gasteiger partial charge in [-0.1, -0.05) is 0 Å². The molecular formula is C7H8O2. The Kier molecular flexibility index (Phi) is 0.979. The molecule has 0 saturated carbocycles. The zero-order chi connectivity index (χ0) is 6.10. The van der Waals surface area contributed by atoms with E-state index in [2.05, 4.69) is 4.89 Å². The van der Waals surface area contributed by atoms with E-state index in [0.717, 1.165) is 18.6 Å². The van der Waals surface area contributed by atoms with Gasteiger partial charge in [0.1, 0.15) is 6.26 Å². The summed E-state index contributed by atoms with van der Waals surface area (Å²) in [5.41, 5.74) is 1.31. The van der Waals surface area contributed by atoms with Crippen molar-refractivity contribution >= 4 is 0 Å². The Morgan fingerprint density at radius 3 is 3.22 bits per heavy atom. The van der Waals surface area contributed by atoms with Gasteiger partial charge in [0.2, 0.25) is 0 Å². The van der Waals surface area contributed by atoms with Crippen LogP contribution in [-0.4, -0.2) is 0 Å². The van der Waals surface area contributed by atoms with Crippen molar-refractivity contribution in [3.05, 3.63) is 23.7 Å².